The topological polar surface area (TPSA) is 84.2 Å². The predicted molar refractivity (Wildman–Crippen MR) is 105 cm³/mol. The zero-order chi connectivity index (χ0) is 19.1. The Bertz CT molecular complexity index is 875. The number of hydrogen-bond donors (Lipinski definition) is 2. The van der Waals surface area contributed by atoms with Crippen molar-refractivity contribution in [2.45, 2.75) is 32.2 Å². The lowest BCUT2D eigenvalue weighted by atomic mass is 10.1. The maximum Gasteiger partial charge on any atom is 0.293 e. The van der Waals surface area contributed by atoms with Crippen LogP contribution in [0.4, 0.5) is 5.13 Å². The van der Waals surface area contributed by atoms with Gasteiger partial charge in [-0.25, -0.2) is 4.98 Å². The standard InChI is InChI=1S/C20H21N3O3S/c1-14(9-10-15-6-3-2-4-7-15)21-18(24)12-16-13-27-20(22-16)23-19(25)17-8-5-11-26-17/h2-8,11,13-14H,9-10,12H2,1H3,(H,21,24)(H,22,23,25)/t14-/m1/s1. The van der Waals surface area contributed by atoms with E-state index in [-0.39, 0.29) is 30.0 Å². The smallest absolute Gasteiger partial charge is 0.293 e. The summed E-state index contributed by atoms with van der Waals surface area (Å²) in [5, 5.41) is 7.87. The van der Waals surface area contributed by atoms with Crippen molar-refractivity contribution < 1.29 is 14.0 Å². The number of nitrogens with zero attached hydrogens (tertiary/aromatic N) is 1. The van der Waals surface area contributed by atoms with Gasteiger partial charge in [-0.1, -0.05) is 30.3 Å². The van der Waals surface area contributed by atoms with E-state index in [0.717, 1.165) is 12.8 Å². The van der Waals surface area contributed by atoms with Crippen LogP contribution >= 0.6 is 11.3 Å². The molecule has 140 valence electrons. The Morgan fingerprint density at radius 3 is 2.74 bits per heavy atom. The first-order valence-corrected chi connectivity index (χ1v) is 9.60. The Kier molecular flexibility index (Phi) is 6.38. The molecular weight excluding hydrogens is 362 g/mol. The van der Waals surface area contributed by atoms with Gasteiger partial charge in [0.15, 0.2) is 10.9 Å². The van der Waals surface area contributed by atoms with E-state index in [9.17, 15) is 9.59 Å². The maximum absolute atomic E-state index is 12.2. The Morgan fingerprint density at radius 1 is 1.19 bits per heavy atom. The summed E-state index contributed by atoms with van der Waals surface area (Å²) in [6, 6.07) is 13.5. The van der Waals surface area contributed by atoms with Gasteiger partial charge in [0, 0.05) is 11.4 Å². The molecule has 0 fully saturated rings. The van der Waals surface area contributed by atoms with Gasteiger partial charge in [-0.05, 0) is 37.5 Å². The maximum atomic E-state index is 12.2. The number of rotatable bonds is 8. The molecule has 0 saturated heterocycles. The minimum atomic E-state index is -0.361. The van der Waals surface area contributed by atoms with Crippen LogP contribution in [0.15, 0.2) is 58.5 Å². The molecule has 1 aromatic carbocycles. The van der Waals surface area contributed by atoms with Gasteiger partial charge in [0.1, 0.15) is 0 Å². The zero-order valence-corrected chi connectivity index (χ0v) is 15.8. The van der Waals surface area contributed by atoms with Gasteiger partial charge in [0.05, 0.1) is 18.4 Å². The van der Waals surface area contributed by atoms with Crippen LogP contribution in [0.1, 0.15) is 35.2 Å². The Labute approximate surface area is 161 Å². The molecule has 2 heterocycles. The summed E-state index contributed by atoms with van der Waals surface area (Å²) in [7, 11) is 0. The lowest BCUT2D eigenvalue weighted by Crippen LogP contribution is -2.34. The van der Waals surface area contributed by atoms with Crippen LogP contribution in [0.2, 0.25) is 0 Å². The van der Waals surface area contributed by atoms with Crippen LogP contribution in [-0.4, -0.2) is 22.8 Å². The molecule has 0 saturated carbocycles. The van der Waals surface area contributed by atoms with Crippen molar-refractivity contribution in [1.82, 2.24) is 10.3 Å². The van der Waals surface area contributed by atoms with Crippen molar-refractivity contribution in [3.05, 3.63) is 71.1 Å². The number of aryl methyl sites for hydroxylation is 1. The zero-order valence-electron chi connectivity index (χ0n) is 15.0. The number of hydrogen-bond acceptors (Lipinski definition) is 5. The highest BCUT2D eigenvalue weighted by molar-refractivity contribution is 7.14. The van der Waals surface area contributed by atoms with Crippen LogP contribution < -0.4 is 10.6 Å². The molecule has 0 unspecified atom stereocenters. The molecule has 0 aliphatic rings. The summed E-state index contributed by atoms with van der Waals surface area (Å²) in [6.45, 7) is 2.00. The number of nitrogens with one attached hydrogen (secondary N) is 2. The lowest BCUT2D eigenvalue weighted by molar-refractivity contribution is -0.121. The highest BCUT2D eigenvalue weighted by atomic mass is 32.1. The average molecular weight is 383 g/mol. The summed E-state index contributed by atoms with van der Waals surface area (Å²) in [6.07, 6.45) is 3.41. The van der Waals surface area contributed by atoms with Gasteiger partial charge < -0.3 is 9.73 Å². The van der Waals surface area contributed by atoms with Gasteiger partial charge in [-0.2, -0.15) is 0 Å². The number of carbonyl (C=O) groups excluding carboxylic acids is 2. The number of aromatic nitrogens is 1. The molecule has 3 rings (SSSR count). The molecule has 0 bridgehead atoms. The quantitative estimate of drug-likeness (QED) is 0.622. The second-order valence-corrected chi connectivity index (χ2v) is 7.10. The Morgan fingerprint density at radius 2 is 2.00 bits per heavy atom. The Balaban J connectivity index is 1.44. The predicted octanol–water partition coefficient (Wildman–Crippen LogP) is 3.67. The monoisotopic (exact) mass is 383 g/mol. The first-order valence-electron chi connectivity index (χ1n) is 8.72. The Hall–Kier alpha value is -2.93. The number of carbonyl (C=O) groups is 2. The summed E-state index contributed by atoms with van der Waals surface area (Å²) in [5.41, 5.74) is 1.89. The van der Waals surface area contributed by atoms with E-state index in [4.69, 9.17) is 4.42 Å². The van der Waals surface area contributed by atoms with E-state index in [0.29, 0.717) is 10.8 Å². The van der Waals surface area contributed by atoms with Crippen molar-refractivity contribution in [1.29, 1.82) is 0 Å². The van der Waals surface area contributed by atoms with Crippen molar-refractivity contribution in [3.63, 3.8) is 0 Å². The van der Waals surface area contributed by atoms with Crippen LogP contribution in [0.5, 0.6) is 0 Å². The van der Waals surface area contributed by atoms with E-state index in [1.165, 1.54) is 23.2 Å². The fraction of sp³-hybridized carbons (Fsp3) is 0.250. The first kappa shape index (κ1) is 18.8. The van der Waals surface area contributed by atoms with Crippen molar-refractivity contribution in [3.8, 4) is 0 Å². The van der Waals surface area contributed by atoms with E-state index in [1.54, 1.807) is 17.5 Å². The lowest BCUT2D eigenvalue weighted by Gasteiger charge is -2.13. The van der Waals surface area contributed by atoms with Crippen molar-refractivity contribution >= 4 is 28.3 Å². The number of furan rings is 1. The van der Waals surface area contributed by atoms with Crippen LogP contribution in [0, 0.1) is 0 Å². The molecule has 2 N–H and O–H groups in total. The molecule has 0 spiro atoms. The molecule has 0 aliphatic heterocycles. The van der Waals surface area contributed by atoms with E-state index < -0.39 is 0 Å². The highest BCUT2D eigenvalue weighted by Gasteiger charge is 2.14. The second-order valence-electron chi connectivity index (χ2n) is 6.25. The summed E-state index contributed by atoms with van der Waals surface area (Å²) in [5.74, 6) is -0.221. The number of amides is 2. The molecule has 6 nitrogen and oxygen atoms in total. The van der Waals surface area contributed by atoms with Gasteiger partial charge in [0.2, 0.25) is 5.91 Å². The third-order valence-corrected chi connectivity index (χ3v) is 4.78. The summed E-state index contributed by atoms with van der Waals surface area (Å²) < 4.78 is 5.04. The van der Waals surface area contributed by atoms with Gasteiger partial charge >= 0.3 is 0 Å². The van der Waals surface area contributed by atoms with Crippen LogP contribution in [-0.2, 0) is 17.6 Å². The number of anilines is 1. The van der Waals surface area contributed by atoms with Crippen molar-refractivity contribution in [2.24, 2.45) is 0 Å². The van der Waals surface area contributed by atoms with Crippen LogP contribution in [0.25, 0.3) is 0 Å². The molecule has 7 heteroatoms. The minimum Gasteiger partial charge on any atom is -0.459 e. The fourth-order valence-electron chi connectivity index (χ4n) is 2.60. The normalized spacial score (nSPS) is 11.7. The third-order valence-electron chi connectivity index (χ3n) is 3.98. The molecule has 3 aromatic rings. The fourth-order valence-corrected chi connectivity index (χ4v) is 3.31. The molecule has 2 amide bonds. The van der Waals surface area contributed by atoms with Crippen molar-refractivity contribution in [2.75, 3.05) is 5.32 Å². The SMILES string of the molecule is C[C@H](CCc1ccccc1)NC(=O)Cc1csc(NC(=O)c2ccco2)n1. The van der Waals surface area contributed by atoms with E-state index in [2.05, 4.69) is 27.8 Å². The van der Waals surface area contributed by atoms with E-state index >= 15 is 0 Å². The third kappa shape index (κ3) is 5.79. The highest BCUT2D eigenvalue weighted by Crippen LogP contribution is 2.17. The molecule has 27 heavy (non-hydrogen) atoms. The molecule has 0 aliphatic carbocycles. The number of thiazole rings is 1. The minimum absolute atomic E-state index is 0.0782. The van der Waals surface area contributed by atoms with E-state index in [1.807, 2.05) is 25.1 Å². The second kappa shape index (κ2) is 9.14. The largest absolute Gasteiger partial charge is 0.459 e. The number of benzene rings is 1. The summed E-state index contributed by atoms with van der Waals surface area (Å²) >= 11 is 1.28. The first-order chi connectivity index (χ1) is 13.1. The average Bonchev–Trinajstić information content (AvgIpc) is 3.33. The molecule has 0 radical (unpaired) electrons. The van der Waals surface area contributed by atoms with Gasteiger partial charge in [0.25, 0.3) is 5.91 Å². The molecule has 2 aromatic heterocycles. The van der Waals surface area contributed by atoms with Gasteiger partial charge in [-0.3, -0.25) is 14.9 Å². The van der Waals surface area contributed by atoms with Gasteiger partial charge in [-0.15, -0.1) is 11.3 Å². The summed E-state index contributed by atoms with van der Waals surface area (Å²) in [4.78, 5) is 28.4. The molecular formula is C20H21N3O3S. The molecule has 1 atom stereocenters. The van der Waals surface area contributed by atoms with Crippen LogP contribution in [0.3, 0.4) is 0 Å².